The lowest BCUT2D eigenvalue weighted by Gasteiger charge is -2.29. The molecule has 0 aromatic heterocycles. The van der Waals surface area contributed by atoms with Crippen LogP contribution >= 0.6 is 0 Å². The number of carbonyl (C=O) groups excluding carboxylic acids is 3. The van der Waals surface area contributed by atoms with Gasteiger partial charge in [0.2, 0.25) is 11.8 Å². The molecule has 2 unspecified atom stereocenters. The van der Waals surface area contributed by atoms with Crippen molar-refractivity contribution >= 4 is 39.0 Å². The first-order valence-electron chi connectivity index (χ1n) is 11.3. The molecular formula is C24H26N2O7S2. The van der Waals surface area contributed by atoms with Gasteiger partial charge in [-0.2, -0.15) is 8.42 Å². The van der Waals surface area contributed by atoms with Crippen molar-refractivity contribution in [3.8, 4) is 0 Å². The minimum Gasteiger partial charge on any atom is -0.611 e. The number of rotatable bonds is 9. The quantitative estimate of drug-likeness (QED) is 0.232. The van der Waals surface area contributed by atoms with Crippen molar-refractivity contribution in [2.24, 2.45) is 0 Å². The number of piperidine rings is 1. The molecule has 35 heavy (non-hydrogen) atoms. The summed E-state index contributed by atoms with van der Waals surface area (Å²) in [5.74, 6) is -0.890. The van der Waals surface area contributed by atoms with Gasteiger partial charge in [-0.1, -0.05) is 23.8 Å². The lowest BCUT2D eigenvalue weighted by molar-refractivity contribution is -0.136. The number of benzene rings is 2. The van der Waals surface area contributed by atoms with E-state index in [9.17, 15) is 27.4 Å². The van der Waals surface area contributed by atoms with E-state index in [4.69, 9.17) is 4.18 Å². The highest BCUT2D eigenvalue weighted by Crippen LogP contribution is 2.32. The van der Waals surface area contributed by atoms with Crippen molar-refractivity contribution in [1.82, 2.24) is 10.2 Å². The number of hydrogen-bond acceptors (Lipinski definition) is 7. The van der Waals surface area contributed by atoms with Gasteiger partial charge in [0.15, 0.2) is 4.90 Å². The summed E-state index contributed by atoms with van der Waals surface area (Å²) in [6, 6.07) is 10.7. The first-order chi connectivity index (χ1) is 16.7. The van der Waals surface area contributed by atoms with E-state index in [1.54, 1.807) is 30.3 Å². The Bertz CT molecular complexity index is 1250. The highest BCUT2D eigenvalue weighted by atomic mass is 32.2. The third-order valence-electron chi connectivity index (χ3n) is 6.06. The molecule has 2 heterocycles. The maximum absolute atomic E-state index is 13.0. The molecule has 186 valence electrons. The van der Waals surface area contributed by atoms with Gasteiger partial charge >= 0.3 is 0 Å². The summed E-state index contributed by atoms with van der Waals surface area (Å²) in [4.78, 5) is 38.7. The van der Waals surface area contributed by atoms with Gasteiger partial charge in [0, 0.05) is 17.5 Å². The van der Waals surface area contributed by atoms with Gasteiger partial charge in [0.05, 0.1) is 18.0 Å². The number of imide groups is 1. The van der Waals surface area contributed by atoms with Gasteiger partial charge in [-0.3, -0.25) is 23.9 Å². The van der Waals surface area contributed by atoms with E-state index in [2.05, 4.69) is 5.32 Å². The van der Waals surface area contributed by atoms with Crippen molar-refractivity contribution in [1.29, 1.82) is 0 Å². The van der Waals surface area contributed by atoms with Crippen molar-refractivity contribution in [3.63, 3.8) is 0 Å². The topological polar surface area (TPSA) is 133 Å². The number of amides is 3. The van der Waals surface area contributed by atoms with Gasteiger partial charge in [0.1, 0.15) is 11.8 Å². The third-order valence-corrected chi connectivity index (χ3v) is 8.92. The van der Waals surface area contributed by atoms with E-state index in [-0.39, 0.29) is 48.5 Å². The highest BCUT2D eigenvalue weighted by molar-refractivity contribution is 7.91. The average Bonchev–Trinajstić information content (AvgIpc) is 3.15. The molecule has 2 atom stereocenters. The van der Waals surface area contributed by atoms with E-state index >= 15 is 0 Å². The number of carbonyl (C=O) groups is 3. The summed E-state index contributed by atoms with van der Waals surface area (Å²) in [7, 11) is -3.84. The summed E-state index contributed by atoms with van der Waals surface area (Å²) in [6.07, 6.45) is 1.28. The SMILES string of the molecule is Cc1ccc(S(=O)(=O)OCCCC[S+]([O-])c2cccc3c2CN(C2CCC(=O)NC2=O)C3=O)cc1. The Hall–Kier alpha value is -2.73. The van der Waals surface area contributed by atoms with Crippen LogP contribution in [0.2, 0.25) is 0 Å². The molecule has 4 rings (SSSR count). The molecule has 1 fully saturated rings. The number of fused-ring (bicyclic) bond motifs is 1. The largest absolute Gasteiger partial charge is 0.611 e. The molecule has 9 nitrogen and oxygen atoms in total. The van der Waals surface area contributed by atoms with Crippen LogP contribution < -0.4 is 5.32 Å². The van der Waals surface area contributed by atoms with Crippen LogP contribution in [0, 0.1) is 6.92 Å². The predicted molar refractivity (Wildman–Crippen MR) is 127 cm³/mol. The van der Waals surface area contributed by atoms with E-state index in [0.29, 0.717) is 28.9 Å². The zero-order valence-corrected chi connectivity index (χ0v) is 20.8. The number of nitrogens with zero attached hydrogens (tertiary/aromatic N) is 1. The third kappa shape index (κ3) is 5.58. The summed E-state index contributed by atoms with van der Waals surface area (Å²) in [5, 5.41) is 2.27. The van der Waals surface area contributed by atoms with Gasteiger partial charge < -0.3 is 9.45 Å². The van der Waals surface area contributed by atoms with Gasteiger partial charge in [-0.05, 0) is 61.6 Å². The second-order valence-electron chi connectivity index (χ2n) is 8.53. The lowest BCUT2D eigenvalue weighted by atomic mass is 10.0. The summed E-state index contributed by atoms with van der Waals surface area (Å²) in [5.41, 5.74) is 1.98. The summed E-state index contributed by atoms with van der Waals surface area (Å²) in [6.45, 7) is 1.99. The smallest absolute Gasteiger partial charge is 0.296 e. The minimum atomic E-state index is -3.84. The highest BCUT2D eigenvalue weighted by Gasteiger charge is 2.41. The van der Waals surface area contributed by atoms with Crippen LogP contribution in [0.4, 0.5) is 0 Å². The molecule has 2 aliphatic heterocycles. The van der Waals surface area contributed by atoms with Crippen molar-refractivity contribution in [3.05, 3.63) is 59.2 Å². The van der Waals surface area contributed by atoms with Crippen LogP contribution in [0.15, 0.2) is 52.3 Å². The number of aryl methyl sites for hydroxylation is 1. The fourth-order valence-corrected chi connectivity index (χ4v) is 6.47. The van der Waals surface area contributed by atoms with E-state index in [0.717, 1.165) is 5.56 Å². The summed E-state index contributed by atoms with van der Waals surface area (Å²) >= 11 is -1.42. The monoisotopic (exact) mass is 518 g/mol. The predicted octanol–water partition coefficient (Wildman–Crippen LogP) is 2.05. The van der Waals surface area contributed by atoms with E-state index < -0.39 is 33.2 Å². The van der Waals surface area contributed by atoms with Gasteiger partial charge in [-0.25, -0.2) is 0 Å². The van der Waals surface area contributed by atoms with Crippen LogP contribution in [0.3, 0.4) is 0 Å². The van der Waals surface area contributed by atoms with Crippen molar-refractivity contribution < 1.29 is 31.5 Å². The first-order valence-corrected chi connectivity index (χ1v) is 14.0. The van der Waals surface area contributed by atoms with Crippen LogP contribution in [0.5, 0.6) is 0 Å². The molecule has 3 amide bonds. The molecule has 1 N–H and O–H groups in total. The Morgan fingerprint density at radius 1 is 1.11 bits per heavy atom. The molecule has 0 radical (unpaired) electrons. The van der Waals surface area contributed by atoms with Crippen molar-refractivity contribution in [2.75, 3.05) is 12.4 Å². The molecule has 2 aromatic rings. The molecule has 0 aliphatic carbocycles. The Morgan fingerprint density at radius 2 is 1.86 bits per heavy atom. The fraction of sp³-hybridized carbons (Fsp3) is 0.375. The molecule has 0 bridgehead atoms. The van der Waals surface area contributed by atoms with Crippen LogP contribution in [-0.2, 0) is 41.6 Å². The number of unbranched alkanes of at least 4 members (excludes halogenated alkanes) is 1. The maximum atomic E-state index is 13.0. The lowest BCUT2D eigenvalue weighted by Crippen LogP contribution is -2.52. The van der Waals surface area contributed by atoms with Crippen LogP contribution in [0.1, 0.15) is 47.2 Å². The Kier molecular flexibility index (Phi) is 7.60. The molecule has 11 heteroatoms. The Morgan fingerprint density at radius 3 is 2.57 bits per heavy atom. The summed E-state index contributed by atoms with van der Waals surface area (Å²) < 4.78 is 42.6. The molecule has 2 aliphatic rings. The zero-order chi connectivity index (χ0) is 25.2. The van der Waals surface area contributed by atoms with Gasteiger partial charge in [0.25, 0.3) is 16.0 Å². The molecule has 1 saturated heterocycles. The molecule has 2 aromatic carbocycles. The average molecular weight is 519 g/mol. The van der Waals surface area contributed by atoms with E-state index in [1.165, 1.54) is 17.0 Å². The standard InChI is InChI=1S/C24H26N2O7S2/c1-16-7-9-17(10-8-16)35(31,32)33-13-2-3-14-34(30)21-6-4-5-18-19(21)15-26(24(18)29)20-11-12-22(27)25-23(20)28/h4-10,20H,2-3,11-15H2,1H3,(H,25,27,28). The first kappa shape index (κ1) is 25.4. The van der Waals surface area contributed by atoms with Gasteiger partial charge in [-0.15, -0.1) is 0 Å². The van der Waals surface area contributed by atoms with Crippen molar-refractivity contribution in [2.45, 2.75) is 55.0 Å². The Balaban J connectivity index is 1.32. The minimum absolute atomic E-state index is 0.0257. The normalized spacial score (nSPS) is 19.0. The number of hydrogen-bond donors (Lipinski definition) is 1. The second-order valence-corrected chi connectivity index (χ2v) is 11.7. The zero-order valence-electron chi connectivity index (χ0n) is 19.2. The molecule has 0 saturated carbocycles. The molecule has 0 spiro atoms. The van der Waals surface area contributed by atoms with E-state index in [1.807, 2.05) is 6.92 Å². The second kappa shape index (κ2) is 10.5. The van der Waals surface area contributed by atoms with Crippen LogP contribution in [-0.4, -0.2) is 54.0 Å². The molecular weight excluding hydrogens is 492 g/mol. The number of nitrogens with one attached hydrogen (secondary N) is 1. The Labute approximate surface area is 207 Å². The van der Waals surface area contributed by atoms with Crippen LogP contribution in [0.25, 0.3) is 0 Å². The maximum Gasteiger partial charge on any atom is 0.296 e. The fourth-order valence-electron chi connectivity index (χ4n) is 4.16.